The quantitative estimate of drug-likeness (QED) is 0.0362. The van der Waals surface area contributed by atoms with Crippen LogP contribution in [-0.2, 0) is 28.6 Å². The van der Waals surface area contributed by atoms with Gasteiger partial charge in [0.05, 0.1) is 0 Å². The summed E-state index contributed by atoms with van der Waals surface area (Å²) in [7, 11) is 0. The van der Waals surface area contributed by atoms with Gasteiger partial charge in [0.25, 0.3) is 0 Å². The fraction of sp³-hybridized carbons (Fsp3) is 0.930. The summed E-state index contributed by atoms with van der Waals surface area (Å²) in [5, 5.41) is 0. The lowest BCUT2D eigenvalue weighted by molar-refractivity contribution is -0.167. The van der Waals surface area contributed by atoms with Crippen molar-refractivity contribution in [2.75, 3.05) is 13.2 Å². The molecular formula is C43H82O6. The van der Waals surface area contributed by atoms with Crippen LogP contribution in [0.2, 0.25) is 0 Å². The van der Waals surface area contributed by atoms with Crippen LogP contribution in [0.25, 0.3) is 0 Å². The van der Waals surface area contributed by atoms with Crippen LogP contribution >= 0.6 is 0 Å². The van der Waals surface area contributed by atoms with Crippen molar-refractivity contribution in [2.24, 2.45) is 0 Å². The maximum absolute atomic E-state index is 12.6. The van der Waals surface area contributed by atoms with Gasteiger partial charge in [-0.05, 0) is 19.3 Å². The lowest BCUT2D eigenvalue weighted by Gasteiger charge is -2.18. The zero-order valence-corrected chi connectivity index (χ0v) is 33.0. The zero-order valence-electron chi connectivity index (χ0n) is 33.0. The Labute approximate surface area is 304 Å². The molecule has 0 spiro atoms. The van der Waals surface area contributed by atoms with Gasteiger partial charge in [-0.3, -0.25) is 14.4 Å². The number of hydrogen-bond acceptors (Lipinski definition) is 6. The number of rotatable bonds is 39. The Morgan fingerprint density at radius 1 is 0.327 bits per heavy atom. The predicted octanol–water partition coefficient (Wildman–Crippen LogP) is 13.3. The second kappa shape index (κ2) is 39.2. The Hall–Kier alpha value is -1.59. The Morgan fingerprint density at radius 2 is 0.551 bits per heavy atom. The minimum atomic E-state index is -0.756. The van der Waals surface area contributed by atoms with Crippen molar-refractivity contribution < 1.29 is 28.6 Å². The number of esters is 3. The van der Waals surface area contributed by atoms with Crippen molar-refractivity contribution in [1.82, 2.24) is 0 Å². The summed E-state index contributed by atoms with van der Waals surface area (Å²) in [4.78, 5) is 37.5. The third kappa shape index (κ3) is 37.5. The molecule has 0 fully saturated rings. The van der Waals surface area contributed by atoms with Crippen molar-refractivity contribution >= 4 is 17.9 Å². The maximum Gasteiger partial charge on any atom is 0.306 e. The SMILES string of the molecule is CCCCCCCCCCCCCCC(=O)OCC(COC(=O)CCCCCCCCCCC)OC(=O)CCCCCCCCCCCC. The summed E-state index contributed by atoms with van der Waals surface area (Å²) in [5.41, 5.74) is 0. The van der Waals surface area contributed by atoms with E-state index in [2.05, 4.69) is 20.8 Å². The first-order valence-electron chi connectivity index (χ1n) is 21.5. The number of carbonyl (C=O) groups is 3. The van der Waals surface area contributed by atoms with E-state index in [-0.39, 0.29) is 31.1 Å². The molecule has 0 N–H and O–H groups in total. The summed E-state index contributed by atoms with van der Waals surface area (Å²) in [6, 6.07) is 0. The molecule has 0 radical (unpaired) electrons. The van der Waals surface area contributed by atoms with E-state index >= 15 is 0 Å². The first kappa shape index (κ1) is 47.4. The van der Waals surface area contributed by atoms with Gasteiger partial charge in [-0.1, -0.05) is 201 Å². The minimum absolute atomic E-state index is 0.0633. The van der Waals surface area contributed by atoms with Gasteiger partial charge in [0, 0.05) is 19.3 Å². The van der Waals surface area contributed by atoms with Crippen LogP contribution in [-0.4, -0.2) is 37.2 Å². The zero-order chi connectivity index (χ0) is 35.9. The summed E-state index contributed by atoms with van der Waals surface area (Å²) in [6.07, 6.45) is 37.9. The van der Waals surface area contributed by atoms with Crippen LogP contribution in [0.1, 0.15) is 239 Å². The molecule has 0 aromatic heterocycles. The monoisotopic (exact) mass is 695 g/mol. The number of ether oxygens (including phenoxy) is 3. The van der Waals surface area contributed by atoms with Crippen molar-refractivity contribution in [3.05, 3.63) is 0 Å². The second-order valence-electron chi connectivity index (χ2n) is 14.6. The molecule has 49 heavy (non-hydrogen) atoms. The summed E-state index contributed by atoms with van der Waals surface area (Å²) in [6.45, 7) is 6.61. The van der Waals surface area contributed by atoms with Gasteiger partial charge in [-0.15, -0.1) is 0 Å². The van der Waals surface area contributed by atoms with Crippen molar-refractivity contribution in [3.63, 3.8) is 0 Å². The van der Waals surface area contributed by atoms with Gasteiger partial charge < -0.3 is 14.2 Å². The Balaban J connectivity index is 4.31. The van der Waals surface area contributed by atoms with E-state index in [1.807, 2.05) is 0 Å². The van der Waals surface area contributed by atoms with Crippen LogP contribution in [0, 0.1) is 0 Å². The fourth-order valence-corrected chi connectivity index (χ4v) is 6.32. The fourth-order valence-electron chi connectivity index (χ4n) is 6.32. The molecular weight excluding hydrogens is 612 g/mol. The molecule has 0 bridgehead atoms. The Bertz CT molecular complexity index is 723. The predicted molar refractivity (Wildman–Crippen MR) is 206 cm³/mol. The molecule has 0 rings (SSSR count). The molecule has 0 aliphatic heterocycles. The van der Waals surface area contributed by atoms with E-state index in [1.165, 1.54) is 141 Å². The van der Waals surface area contributed by atoms with Gasteiger partial charge in [-0.2, -0.15) is 0 Å². The summed E-state index contributed by atoms with van der Waals surface area (Å²) in [5.74, 6) is -0.859. The topological polar surface area (TPSA) is 78.9 Å². The molecule has 0 aromatic rings. The molecule has 0 amide bonds. The first-order chi connectivity index (χ1) is 24.0. The van der Waals surface area contributed by atoms with Crippen molar-refractivity contribution in [1.29, 1.82) is 0 Å². The molecule has 1 atom stereocenters. The molecule has 290 valence electrons. The van der Waals surface area contributed by atoms with E-state index in [0.717, 1.165) is 57.8 Å². The standard InChI is InChI=1S/C43H82O6/c1-4-7-10-13-16-19-21-22-25-27-30-33-36-42(45)48-39-40(38-47-41(44)35-32-29-26-23-18-15-12-9-6-3)49-43(46)37-34-31-28-24-20-17-14-11-8-5-2/h40H,4-39H2,1-3H3. The van der Waals surface area contributed by atoms with E-state index in [1.54, 1.807) is 0 Å². The molecule has 0 aliphatic rings. The third-order valence-electron chi connectivity index (χ3n) is 9.61. The highest BCUT2D eigenvalue weighted by Crippen LogP contribution is 2.15. The molecule has 6 nitrogen and oxygen atoms in total. The van der Waals surface area contributed by atoms with Crippen LogP contribution in [0.15, 0.2) is 0 Å². The minimum Gasteiger partial charge on any atom is -0.462 e. The maximum atomic E-state index is 12.6. The lowest BCUT2D eigenvalue weighted by atomic mass is 10.0. The third-order valence-corrected chi connectivity index (χ3v) is 9.61. The summed E-state index contributed by atoms with van der Waals surface area (Å²) < 4.78 is 16.6. The highest BCUT2D eigenvalue weighted by atomic mass is 16.6. The molecule has 0 heterocycles. The first-order valence-corrected chi connectivity index (χ1v) is 21.5. The van der Waals surface area contributed by atoms with Gasteiger partial charge in [0.15, 0.2) is 6.10 Å². The average Bonchev–Trinajstić information content (AvgIpc) is 3.10. The lowest BCUT2D eigenvalue weighted by Crippen LogP contribution is -2.30. The average molecular weight is 695 g/mol. The van der Waals surface area contributed by atoms with Crippen LogP contribution in [0.5, 0.6) is 0 Å². The Kier molecular flexibility index (Phi) is 37.9. The van der Waals surface area contributed by atoms with Crippen molar-refractivity contribution in [3.8, 4) is 0 Å². The molecule has 0 saturated heterocycles. The molecule has 0 aromatic carbocycles. The van der Waals surface area contributed by atoms with Gasteiger partial charge >= 0.3 is 17.9 Å². The summed E-state index contributed by atoms with van der Waals surface area (Å²) >= 11 is 0. The highest BCUT2D eigenvalue weighted by molar-refractivity contribution is 5.71. The van der Waals surface area contributed by atoms with Crippen LogP contribution in [0.4, 0.5) is 0 Å². The van der Waals surface area contributed by atoms with Crippen molar-refractivity contribution in [2.45, 2.75) is 245 Å². The van der Waals surface area contributed by atoms with Gasteiger partial charge in [0.1, 0.15) is 13.2 Å². The number of carbonyl (C=O) groups excluding carboxylic acids is 3. The van der Waals surface area contributed by atoms with Gasteiger partial charge in [-0.25, -0.2) is 0 Å². The smallest absolute Gasteiger partial charge is 0.306 e. The highest BCUT2D eigenvalue weighted by Gasteiger charge is 2.19. The molecule has 0 aliphatic carbocycles. The van der Waals surface area contributed by atoms with E-state index in [0.29, 0.717) is 19.3 Å². The van der Waals surface area contributed by atoms with Crippen LogP contribution in [0.3, 0.4) is 0 Å². The molecule has 0 saturated carbocycles. The normalized spacial score (nSPS) is 11.8. The van der Waals surface area contributed by atoms with E-state index in [9.17, 15) is 14.4 Å². The van der Waals surface area contributed by atoms with E-state index in [4.69, 9.17) is 14.2 Å². The van der Waals surface area contributed by atoms with Gasteiger partial charge in [0.2, 0.25) is 0 Å². The van der Waals surface area contributed by atoms with Crippen LogP contribution < -0.4 is 0 Å². The largest absolute Gasteiger partial charge is 0.462 e. The molecule has 6 heteroatoms. The molecule has 1 unspecified atom stereocenters. The number of hydrogen-bond donors (Lipinski definition) is 0. The Morgan fingerprint density at radius 3 is 0.816 bits per heavy atom. The van der Waals surface area contributed by atoms with E-state index < -0.39 is 6.10 Å². The second-order valence-corrected chi connectivity index (χ2v) is 14.6. The number of unbranched alkanes of at least 4 members (excludes halogenated alkanes) is 28.